The average molecular weight is 195 g/mol. The van der Waals surface area contributed by atoms with Gasteiger partial charge >= 0.3 is 5.69 Å². The van der Waals surface area contributed by atoms with Crippen LogP contribution in [-0.4, -0.2) is 9.55 Å². The molecule has 14 heavy (non-hydrogen) atoms. The van der Waals surface area contributed by atoms with E-state index in [1.807, 2.05) is 27.7 Å². The van der Waals surface area contributed by atoms with Gasteiger partial charge in [-0.1, -0.05) is 13.8 Å². The van der Waals surface area contributed by atoms with Crippen LogP contribution in [0.15, 0.2) is 10.9 Å². The Balaban J connectivity index is 3.33. The highest BCUT2D eigenvalue weighted by Crippen LogP contribution is 2.14. The van der Waals surface area contributed by atoms with Crippen LogP contribution in [0.3, 0.4) is 0 Å². The number of nitrogens with zero attached hydrogens (tertiary/aromatic N) is 2. The van der Waals surface area contributed by atoms with Crippen molar-refractivity contribution in [2.45, 2.75) is 39.7 Å². The van der Waals surface area contributed by atoms with Crippen molar-refractivity contribution in [3.8, 4) is 0 Å². The topological polar surface area (TPSA) is 60.9 Å². The quantitative estimate of drug-likeness (QED) is 0.778. The van der Waals surface area contributed by atoms with E-state index in [9.17, 15) is 4.79 Å². The summed E-state index contributed by atoms with van der Waals surface area (Å²) < 4.78 is 1.49. The summed E-state index contributed by atoms with van der Waals surface area (Å²) in [6.07, 6.45) is 0. The molecule has 0 spiro atoms. The standard InChI is InChI=1S/C10H17N3O/c1-6(2)8-5-9(11)13(7(3)4)10(14)12-8/h5-7H,11H2,1-4H3. The Labute approximate surface area is 83.8 Å². The largest absolute Gasteiger partial charge is 0.385 e. The second-order valence-corrected chi connectivity index (χ2v) is 4.01. The van der Waals surface area contributed by atoms with Crippen LogP contribution in [0.5, 0.6) is 0 Å². The summed E-state index contributed by atoms with van der Waals surface area (Å²) in [5, 5.41) is 0. The lowest BCUT2D eigenvalue weighted by atomic mass is 10.1. The number of anilines is 1. The lowest BCUT2D eigenvalue weighted by Crippen LogP contribution is -2.28. The van der Waals surface area contributed by atoms with E-state index in [1.165, 1.54) is 4.57 Å². The van der Waals surface area contributed by atoms with Gasteiger partial charge in [-0.2, -0.15) is 4.98 Å². The first-order valence-corrected chi connectivity index (χ1v) is 4.82. The fourth-order valence-electron chi connectivity index (χ4n) is 1.34. The summed E-state index contributed by atoms with van der Waals surface area (Å²) in [5.74, 6) is 0.718. The molecule has 0 amide bonds. The number of nitrogen functional groups attached to an aromatic ring is 1. The minimum atomic E-state index is -0.260. The molecular weight excluding hydrogens is 178 g/mol. The first-order valence-electron chi connectivity index (χ1n) is 4.82. The van der Waals surface area contributed by atoms with E-state index in [4.69, 9.17) is 5.73 Å². The van der Waals surface area contributed by atoms with Crippen LogP contribution in [-0.2, 0) is 0 Å². The maximum Gasteiger partial charge on any atom is 0.349 e. The van der Waals surface area contributed by atoms with Crippen molar-refractivity contribution < 1.29 is 0 Å². The Bertz CT molecular complexity index is 379. The van der Waals surface area contributed by atoms with Gasteiger partial charge in [-0.3, -0.25) is 4.57 Å². The van der Waals surface area contributed by atoms with Crippen LogP contribution in [0.25, 0.3) is 0 Å². The third kappa shape index (κ3) is 1.95. The molecule has 1 rings (SSSR count). The molecule has 0 aliphatic carbocycles. The van der Waals surface area contributed by atoms with Crippen LogP contribution in [0, 0.1) is 0 Å². The second kappa shape index (κ2) is 3.82. The molecule has 4 nitrogen and oxygen atoms in total. The molecule has 0 saturated heterocycles. The smallest absolute Gasteiger partial charge is 0.349 e. The van der Waals surface area contributed by atoms with Gasteiger partial charge in [-0.25, -0.2) is 4.79 Å². The molecule has 1 aromatic heterocycles. The van der Waals surface area contributed by atoms with Crippen molar-refractivity contribution >= 4 is 5.82 Å². The van der Waals surface area contributed by atoms with E-state index in [-0.39, 0.29) is 17.6 Å². The lowest BCUT2D eigenvalue weighted by molar-refractivity contribution is 0.566. The Morgan fingerprint density at radius 1 is 1.36 bits per heavy atom. The molecule has 0 fully saturated rings. The highest BCUT2D eigenvalue weighted by Gasteiger charge is 2.10. The Morgan fingerprint density at radius 3 is 2.29 bits per heavy atom. The van der Waals surface area contributed by atoms with E-state index >= 15 is 0 Å². The van der Waals surface area contributed by atoms with Gasteiger partial charge in [0.05, 0.1) is 5.69 Å². The van der Waals surface area contributed by atoms with Crippen LogP contribution in [0.4, 0.5) is 5.82 Å². The summed E-state index contributed by atoms with van der Waals surface area (Å²) in [5.41, 5.74) is 6.28. The van der Waals surface area contributed by atoms with Crippen molar-refractivity contribution in [3.05, 3.63) is 22.2 Å². The van der Waals surface area contributed by atoms with E-state index in [1.54, 1.807) is 6.07 Å². The minimum Gasteiger partial charge on any atom is -0.385 e. The molecule has 0 aromatic carbocycles. The van der Waals surface area contributed by atoms with E-state index in [0.717, 1.165) is 5.69 Å². The molecule has 2 N–H and O–H groups in total. The summed E-state index contributed by atoms with van der Waals surface area (Å²) in [6, 6.07) is 1.82. The summed E-state index contributed by atoms with van der Waals surface area (Å²) in [7, 11) is 0. The number of rotatable bonds is 2. The van der Waals surface area contributed by atoms with Crippen molar-refractivity contribution in [2.24, 2.45) is 0 Å². The zero-order valence-corrected chi connectivity index (χ0v) is 9.11. The molecule has 0 saturated carbocycles. The number of aromatic nitrogens is 2. The third-order valence-electron chi connectivity index (χ3n) is 2.11. The molecule has 0 aliphatic rings. The van der Waals surface area contributed by atoms with E-state index in [0.29, 0.717) is 5.82 Å². The Kier molecular flexibility index (Phi) is 2.93. The van der Waals surface area contributed by atoms with Crippen LogP contribution in [0.1, 0.15) is 45.3 Å². The Hall–Kier alpha value is -1.32. The molecule has 0 atom stereocenters. The number of nitrogens with two attached hydrogens (primary N) is 1. The van der Waals surface area contributed by atoms with Crippen LogP contribution >= 0.6 is 0 Å². The molecule has 0 radical (unpaired) electrons. The molecule has 4 heteroatoms. The van der Waals surface area contributed by atoms with Gasteiger partial charge in [0.25, 0.3) is 0 Å². The SMILES string of the molecule is CC(C)c1cc(N)n(C(C)C)c(=O)n1. The highest BCUT2D eigenvalue weighted by atomic mass is 16.1. The molecule has 0 bridgehead atoms. The van der Waals surface area contributed by atoms with Crippen molar-refractivity contribution in [1.29, 1.82) is 0 Å². The maximum atomic E-state index is 11.6. The predicted molar refractivity (Wildman–Crippen MR) is 57.4 cm³/mol. The molecular formula is C10H17N3O. The minimum absolute atomic E-state index is 0.0520. The zero-order valence-electron chi connectivity index (χ0n) is 9.11. The molecule has 78 valence electrons. The molecule has 1 aromatic rings. The fourth-order valence-corrected chi connectivity index (χ4v) is 1.34. The van der Waals surface area contributed by atoms with Crippen molar-refractivity contribution in [2.75, 3.05) is 5.73 Å². The zero-order chi connectivity index (χ0) is 10.9. The number of hydrogen-bond donors (Lipinski definition) is 1. The summed E-state index contributed by atoms with van der Waals surface area (Å²) in [6.45, 7) is 7.80. The van der Waals surface area contributed by atoms with E-state index in [2.05, 4.69) is 4.98 Å². The predicted octanol–water partition coefficient (Wildman–Crippen LogP) is 1.53. The first kappa shape index (κ1) is 10.8. The van der Waals surface area contributed by atoms with Gasteiger partial charge < -0.3 is 5.73 Å². The van der Waals surface area contributed by atoms with Crippen molar-refractivity contribution in [1.82, 2.24) is 9.55 Å². The van der Waals surface area contributed by atoms with Gasteiger partial charge in [0.2, 0.25) is 0 Å². The van der Waals surface area contributed by atoms with Crippen LogP contribution < -0.4 is 11.4 Å². The third-order valence-corrected chi connectivity index (χ3v) is 2.11. The van der Waals surface area contributed by atoms with Gasteiger partial charge in [0, 0.05) is 12.1 Å². The Morgan fingerprint density at radius 2 is 1.93 bits per heavy atom. The normalized spacial score (nSPS) is 11.3. The van der Waals surface area contributed by atoms with Gasteiger partial charge in [-0.05, 0) is 19.8 Å². The van der Waals surface area contributed by atoms with E-state index < -0.39 is 0 Å². The summed E-state index contributed by atoms with van der Waals surface area (Å²) >= 11 is 0. The second-order valence-electron chi connectivity index (χ2n) is 4.01. The molecule has 0 aliphatic heterocycles. The molecule has 1 heterocycles. The number of hydrogen-bond acceptors (Lipinski definition) is 3. The van der Waals surface area contributed by atoms with Crippen molar-refractivity contribution in [3.63, 3.8) is 0 Å². The summed E-state index contributed by atoms with van der Waals surface area (Å²) in [4.78, 5) is 15.6. The first-order chi connectivity index (χ1) is 6.43. The fraction of sp³-hybridized carbons (Fsp3) is 0.600. The van der Waals surface area contributed by atoms with Gasteiger partial charge in [0.1, 0.15) is 5.82 Å². The monoisotopic (exact) mass is 195 g/mol. The van der Waals surface area contributed by atoms with Gasteiger partial charge in [0.15, 0.2) is 0 Å². The lowest BCUT2D eigenvalue weighted by Gasteiger charge is -2.14. The van der Waals surface area contributed by atoms with Crippen LogP contribution in [0.2, 0.25) is 0 Å². The highest BCUT2D eigenvalue weighted by molar-refractivity contribution is 5.31. The molecule has 0 unspecified atom stereocenters. The maximum absolute atomic E-state index is 11.6. The van der Waals surface area contributed by atoms with Gasteiger partial charge in [-0.15, -0.1) is 0 Å². The average Bonchev–Trinajstić information content (AvgIpc) is 2.01.